The molecule has 0 fully saturated rings. The number of carbonyl (C=O) groups is 1. The van der Waals surface area contributed by atoms with E-state index in [0.29, 0.717) is 12.8 Å². The molecule has 0 atom stereocenters. The van der Waals surface area contributed by atoms with Crippen molar-refractivity contribution >= 4 is 17.3 Å². The van der Waals surface area contributed by atoms with Crippen molar-refractivity contribution in [3.8, 4) is 0 Å². The quantitative estimate of drug-likeness (QED) is 0.765. The molecule has 1 amide bonds. The lowest BCUT2D eigenvalue weighted by Gasteiger charge is -2.28. The van der Waals surface area contributed by atoms with Crippen molar-refractivity contribution in [1.82, 2.24) is 0 Å². The van der Waals surface area contributed by atoms with Crippen LogP contribution in [0, 0.1) is 0 Å². The zero-order valence-corrected chi connectivity index (χ0v) is 10.9. The highest BCUT2D eigenvalue weighted by molar-refractivity contribution is 5.94. The fourth-order valence-electron chi connectivity index (χ4n) is 2.19. The Morgan fingerprint density at radius 3 is 2.89 bits per heavy atom. The van der Waals surface area contributed by atoms with Gasteiger partial charge in [0, 0.05) is 29.9 Å². The minimum absolute atomic E-state index is 0.0869. The molecule has 98 valence electrons. The van der Waals surface area contributed by atoms with Gasteiger partial charge in [0.05, 0.1) is 0 Å². The second-order valence-corrected chi connectivity index (χ2v) is 5.40. The van der Waals surface area contributed by atoms with Gasteiger partial charge in [0.25, 0.3) is 0 Å². The van der Waals surface area contributed by atoms with Crippen LogP contribution in [0.5, 0.6) is 0 Å². The van der Waals surface area contributed by atoms with Crippen LogP contribution in [0.1, 0.15) is 32.3 Å². The van der Waals surface area contributed by atoms with Gasteiger partial charge in [-0.25, -0.2) is 0 Å². The third-order valence-corrected chi connectivity index (χ3v) is 3.22. The molecule has 0 aliphatic carbocycles. The summed E-state index contributed by atoms with van der Waals surface area (Å²) < 4.78 is 0. The average molecular weight is 248 g/mol. The Labute approximate surface area is 107 Å². The zero-order valence-electron chi connectivity index (χ0n) is 10.9. The first kappa shape index (κ1) is 12.9. The molecule has 1 aliphatic heterocycles. The van der Waals surface area contributed by atoms with Crippen molar-refractivity contribution in [2.75, 3.05) is 17.2 Å². The van der Waals surface area contributed by atoms with Crippen molar-refractivity contribution in [3.63, 3.8) is 0 Å². The van der Waals surface area contributed by atoms with Crippen LogP contribution in [0.15, 0.2) is 18.2 Å². The van der Waals surface area contributed by atoms with Crippen molar-refractivity contribution in [2.24, 2.45) is 0 Å². The summed E-state index contributed by atoms with van der Waals surface area (Å²) in [5.41, 5.74) is 2.97. The highest BCUT2D eigenvalue weighted by Gasteiger charge is 2.19. The van der Waals surface area contributed by atoms with E-state index in [2.05, 4.69) is 30.5 Å². The van der Waals surface area contributed by atoms with Gasteiger partial charge < -0.3 is 15.7 Å². The van der Waals surface area contributed by atoms with Crippen LogP contribution in [-0.4, -0.2) is 23.2 Å². The normalized spacial score (nSPS) is 14.9. The standard InChI is InChI=1S/C14H20N2O2/c1-14(2,7-8-17)16-11-4-5-12-10(9-11)3-6-13(18)15-12/h4-5,9,16-17H,3,6-8H2,1-2H3,(H,15,18). The number of rotatable bonds is 4. The smallest absolute Gasteiger partial charge is 0.224 e. The lowest BCUT2D eigenvalue weighted by molar-refractivity contribution is -0.116. The summed E-state index contributed by atoms with van der Waals surface area (Å²) in [5.74, 6) is 0.0869. The molecule has 0 unspecified atom stereocenters. The molecule has 1 aliphatic rings. The Balaban J connectivity index is 2.14. The SMILES string of the molecule is CC(C)(CCO)Nc1ccc2c(c1)CCC(=O)N2. The van der Waals surface area contributed by atoms with E-state index in [0.717, 1.165) is 17.8 Å². The maximum Gasteiger partial charge on any atom is 0.224 e. The van der Waals surface area contributed by atoms with Crippen LogP contribution < -0.4 is 10.6 Å². The Bertz CT molecular complexity index is 455. The monoisotopic (exact) mass is 248 g/mol. The second kappa shape index (κ2) is 4.98. The Kier molecular flexibility index (Phi) is 3.57. The highest BCUT2D eigenvalue weighted by Crippen LogP contribution is 2.27. The first-order valence-corrected chi connectivity index (χ1v) is 6.32. The van der Waals surface area contributed by atoms with Crippen molar-refractivity contribution in [3.05, 3.63) is 23.8 Å². The van der Waals surface area contributed by atoms with Crippen LogP contribution in [-0.2, 0) is 11.2 Å². The average Bonchev–Trinajstić information content (AvgIpc) is 2.28. The number of hydrogen-bond acceptors (Lipinski definition) is 3. The van der Waals surface area contributed by atoms with Gasteiger partial charge in [0.1, 0.15) is 0 Å². The Morgan fingerprint density at radius 2 is 2.17 bits per heavy atom. The molecule has 0 radical (unpaired) electrons. The summed E-state index contributed by atoms with van der Waals surface area (Å²) in [6, 6.07) is 5.97. The molecule has 4 nitrogen and oxygen atoms in total. The molecule has 1 aromatic rings. The largest absolute Gasteiger partial charge is 0.396 e. The summed E-state index contributed by atoms with van der Waals surface area (Å²) >= 11 is 0. The van der Waals surface area contributed by atoms with Crippen LogP contribution in [0.4, 0.5) is 11.4 Å². The van der Waals surface area contributed by atoms with Crippen LogP contribution in [0.2, 0.25) is 0 Å². The van der Waals surface area contributed by atoms with Crippen LogP contribution in [0.25, 0.3) is 0 Å². The fourth-order valence-corrected chi connectivity index (χ4v) is 2.19. The van der Waals surface area contributed by atoms with Crippen LogP contribution in [0.3, 0.4) is 0 Å². The minimum Gasteiger partial charge on any atom is -0.396 e. The van der Waals surface area contributed by atoms with Gasteiger partial charge in [0.2, 0.25) is 5.91 Å². The summed E-state index contributed by atoms with van der Waals surface area (Å²) in [6.45, 7) is 4.29. The lowest BCUT2D eigenvalue weighted by atomic mass is 9.98. The number of aryl methyl sites for hydroxylation is 1. The van der Waals surface area contributed by atoms with E-state index >= 15 is 0 Å². The molecule has 0 aromatic heterocycles. The second-order valence-electron chi connectivity index (χ2n) is 5.40. The highest BCUT2D eigenvalue weighted by atomic mass is 16.3. The number of hydrogen-bond donors (Lipinski definition) is 3. The predicted octanol–water partition coefficient (Wildman–Crippen LogP) is 2.14. The van der Waals surface area contributed by atoms with Gasteiger partial charge >= 0.3 is 0 Å². The number of fused-ring (bicyclic) bond motifs is 1. The first-order chi connectivity index (χ1) is 8.50. The van der Waals surface area contributed by atoms with Crippen molar-refractivity contribution in [1.29, 1.82) is 0 Å². The molecule has 0 saturated carbocycles. The molecule has 0 saturated heterocycles. The van der Waals surface area contributed by atoms with Gasteiger partial charge in [-0.15, -0.1) is 0 Å². The molecule has 4 heteroatoms. The maximum absolute atomic E-state index is 11.3. The topological polar surface area (TPSA) is 61.4 Å². The van der Waals surface area contributed by atoms with E-state index in [9.17, 15) is 4.79 Å². The Morgan fingerprint density at radius 1 is 1.39 bits per heavy atom. The lowest BCUT2D eigenvalue weighted by Crippen LogP contribution is -2.32. The van der Waals surface area contributed by atoms with Gasteiger partial charge in [0.15, 0.2) is 0 Å². The Hall–Kier alpha value is -1.55. The van der Waals surface area contributed by atoms with Crippen molar-refractivity contribution in [2.45, 2.75) is 38.6 Å². The molecule has 0 spiro atoms. The number of carbonyl (C=O) groups excluding carboxylic acids is 1. The number of amides is 1. The summed E-state index contributed by atoms with van der Waals surface area (Å²) in [4.78, 5) is 11.3. The molecular weight excluding hydrogens is 228 g/mol. The predicted molar refractivity (Wildman–Crippen MR) is 72.8 cm³/mol. The molecular formula is C14H20N2O2. The molecule has 3 N–H and O–H groups in total. The van der Waals surface area contributed by atoms with Crippen molar-refractivity contribution < 1.29 is 9.90 Å². The van der Waals surface area contributed by atoms with E-state index in [4.69, 9.17) is 5.11 Å². The summed E-state index contributed by atoms with van der Waals surface area (Å²) in [7, 11) is 0. The fraction of sp³-hybridized carbons (Fsp3) is 0.500. The summed E-state index contributed by atoms with van der Waals surface area (Å²) in [5, 5.41) is 15.3. The number of aliphatic hydroxyl groups is 1. The molecule has 1 heterocycles. The molecule has 1 aromatic carbocycles. The van der Waals surface area contributed by atoms with Gasteiger partial charge in [-0.05, 0) is 50.5 Å². The number of aliphatic hydroxyl groups excluding tert-OH is 1. The van der Waals surface area contributed by atoms with E-state index in [1.165, 1.54) is 5.56 Å². The summed E-state index contributed by atoms with van der Waals surface area (Å²) in [6.07, 6.45) is 2.04. The zero-order chi connectivity index (χ0) is 13.2. The number of nitrogens with one attached hydrogen (secondary N) is 2. The minimum atomic E-state index is -0.138. The maximum atomic E-state index is 11.3. The van der Waals surface area contributed by atoms with E-state index in [1.807, 2.05) is 12.1 Å². The first-order valence-electron chi connectivity index (χ1n) is 6.32. The van der Waals surface area contributed by atoms with Gasteiger partial charge in [-0.1, -0.05) is 0 Å². The third kappa shape index (κ3) is 3.01. The number of anilines is 2. The van der Waals surface area contributed by atoms with Crippen LogP contribution >= 0.6 is 0 Å². The molecule has 18 heavy (non-hydrogen) atoms. The van der Waals surface area contributed by atoms with E-state index < -0.39 is 0 Å². The number of benzene rings is 1. The van der Waals surface area contributed by atoms with Gasteiger partial charge in [-0.2, -0.15) is 0 Å². The van der Waals surface area contributed by atoms with E-state index in [1.54, 1.807) is 0 Å². The van der Waals surface area contributed by atoms with Gasteiger partial charge in [-0.3, -0.25) is 4.79 Å². The molecule has 0 bridgehead atoms. The molecule has 2 rings (SSSR count). The van der Waals surface area contributed by atoms with E-state index in [-0.39, 0.29) is 18.1 Å². The third-order valence-electron chi connectivity index (χ3n) is 3.22.